The lowest BCUT2D eigenvalue weighted by atomic mass is 9.75. The van der Waals surface area contributed by atoms with E-state index in [0.717, 1.165) is 62.5 Å². The van der Waals surface area contributed by atoms with E-state index in [-0.39, 0.29) is 11.1 Å². The smallest absolute Gasteiger partial charge is 0.335 e. The van der Waals surface area contributed by atoms with Gasteiger partial charge in [-0.2, -0.15) is 0 Å². The summed E-state index contributed by atoms with van der Waals surface area (Å²) in [6, 6.07) is 2.97. The number of carbonyl (C=O) groups is 2. The number of carboxylic acids is 2. The molecule has 0 spiro atoms. The maximum atomic E-state index is 12.1. The van der Waals surface area contributed by atoms with E-state index in [9.17, 15) is 19.8 Å². The van der Waals surface area contributed by atoms with E-state index in [1.54, 1.807) is 0 Å². The number of rotatable bonds is 12. The summed E-state index contributed by atoms with van der Waals surface area (Å²) in [5.41, 5.74) is 1.97. The van der Waals surface area contributed by atoms with Crippen LogP contribution in [-0.4, -0.2) is 35.4 Å². The number of hydrogen-bond acceptors (Lipinski definition) is 4. The van der Waals surface area contributed by atoms with Gasteiger partial charge in [0, 0.05) is 0 Å². The van der Waals surface area contributed by atoms with Crippen molar-refractivity contribution in [1.29, 1.82) is 0 Å². The first kappa shape index (κ1) is 25.9. The second-order valence-electron chi connectivity index (χ2n) is 9.91. The average Bonchev–Trinajstić information content (AvgIpc) is 2.83. The molecule has 6 nitrogen and oxygen atoms in total. The van der Waals surface area contributed by atoms with Gasteiger partial charge in [-0.1, -0.05) is 13.2 Å². The largest absolute Gasteiger partial charge is 0.502 e. The van der Waals surface area contributed by atoms with Gasteiger partial charge in [0.05, 0.1) is 36.9 Å². The molecule has 2 aliphatic rings. The average molecular weight is 471 g/mol. The summed E-state index contributed by atoms with van der Waals surface area (Å²) in [4.78, 5) is 24.2. The van der Waals surface area contributed by atoms with Crippen molar-refractivity contribution in [1.82, 2.24) is 0 Å². The van der Waals surface area contributed by atoms with Gasteiger partial charge in [0.15, 0.2) is 0 Å². The Hall–Kier alpha value is -2.76. The highest BCUT2D eigenvalue weighted by Gasteiger charge is 2.29. The van der Waals surface area contributed by atoms with Crippen molar-refractivity contribution in [2.24, 2.45) is 23.7 Å². The van der Waals surface area contributed by atoms with Crippen LogP contribution in [0.5, 0.6) is 0 Å². The van der Waals surface area contributed by atoms with Gasteiger partial charge in [-0.3, -0.25) is 0 Å². The molecule has 0 amide bonds. The molecule has 2 N–H and O–H groups in total. The Bertz CT molecular complexity index is 789. The second kappa shape index (κ2) is 12.6. The molecule has 3 rings (SSSR count). The molecule has 0 aromatic heterocycles. The molecule has 0 atom stereocenters. The first-order valence-corrected chi connectivity index (χ1v) is 12.5. The standard InChI is InChI=1S/C28H38O6/c1-3-33-17-21-9-5-19(6-10-21)15-25-23(27(29)30)13-14-24(28(31)32)26(25)16-20-7-11-22(12-8-20)18-34-4-2/h3-4,13-14,19-22H,1-2,5-12,15-18H2,(H,29,30)(H,31,32). The number of aromatic carboxylic acids is 2. The number of ether oxygens (including phenoxy) is 2. The van der Waals surface area contributed by atoms with Crippen LogP contribution in [0.1, 0.15) is 83.2 Å². The maximum Gasteiger partial charge on any atom is 0.335 e. The van der Waals surface area contributed by atoms with Crippen molar-refractivity contribution in [3.8, 4) is 0 Å². The second-order valence-corrected chi connectivity index (χ2v) is 9.91. The minimum atomic E-state index is -0.980. The number of hydrogen-bond donors (Lipinski definition) is 2. The predicted molar refractivity (Wildman–Crippen MR) is 131 cm³/mol. The first-order valence-electron chi connectivity index (χ1n) is 12.5. The summed E-state index contributed by atoms with van der Waals surface area (Å²) in [6.45, 7) is 8.56. The third-order valence-electron chi connectivity index (χ3n) is 7.71. The molecule has 1 aromatic rings. The fourth-order valence-electron chi connectivity index (χ4n) is 5.75. The van der Waals surface area contributed by atoms with Crippen molar-refractivity contribution >= 4 is 11.9 Å². The highest BCUT2D eigenvalue weighted by atomic mass is 16.5. The highest BCUT2D eigenvalue weighted by molar-refractivity contribution is 5.95. The Labute approximate surface area is 202 Å². The Kier molecular flexibility index (Phi) is 9.61. The molecule has 0 aliphatic heterocycles. The Morgan fingerprint density at radius 2 is 1.03 bits per heavy atom. The lowest BCUT2D eigenvalue weighted by Gasteiger charge is -2.31. The minimum absolute atomic E-state index is 0.255. The fraction of sp³-hybridized carbons (Fsp3) is 0.571. The molecule has 0 bridgehead atoms. The monoisotopic (exact) mass is 470 g/mol. The molecule has 0 saturated heterocycles. The summed E-state index contributed by atoms with van der Waals surface area (Å²) >= 11 is 0. The molecule has 0 radical (unpaired) electrons. The topological polar surface area (TPSA) is 93.1 Å². The molecule has 1 aromatic carbocycles. The molecule has 34 heavy (non-hydrogen) atoms. The lowest BCUT2D eigenvalue weighted by Crippen LogP contribution is -2.24. The van der Waals surface area contributed by atoms with Gasteiger partial charge >= 0.3 is 11.9 Å². The predicted octanol–water partition coefficient (Wildman–Crippen LogP) is 6.10. The Balaban J connectivity index is 1.78. The normalized spacial score (nSPS) is 24.7. The molecule has 0 heterocycles. The van der Waals surface area contributed by atoms with Crippen LogP contribution in [0.4, 0.5) is 0 Å². The van der Waals surface area contributed by atoms with Crippen molar-refractivity contribution in [2.75, 3.05) is 13.2 Å². The summed E-state index contributed by atoms with van der Waals surface area (Å²) in [5.74, 6) is -0.255. The molecular weight excluding hydrogens is 432 g/mol. The van der Waals surface area contributed by atoms with Crippen LogP contribution < -0.4 is 0 Å². The van der Waals surface area contributed by atoms with Crippen molar-refractivity contribution in [3.05, 3.63) is 60.1 Å². The SMILES string of the molecule is C=COCC1CCC(Cc2c(C(=O)O)ccc(C(=O)O)c2CC2CCC(COC=C)CC2)CC1. The van der Waals surface area contributed by atoms with Crippen molar-refractivity contribution in [2.45, 2.75) is 64.2 Å². The maximum absolute atomic E-state index is 12.1. The van der Waals surface area contributed by atoms with E-state index in [1.165, 1.54) is 24.7 Å². The third-order valence-corrected chi connectivity index (χ3v) is 7.71. The zero-order valence-electron chi connectivity index (χ0n) is 20.0. The van der Waals surface area contributed by atoms with Crippen LogP contribution in [-0.2, 0) is 22.3 Å². The molecule has 0 unspecified atom stereocenters. The molecule has 186 valence electrons. The van der Waals surface area contributed by atoms with Crippen LogP contribution in [0.25, 0.3) is 0 Å². The quantitative estimate of drug-likeness (QED) is 0.359. The summed E-state index contributed by atoms with van der Waals surface area (Å²) < 4.78 is 10.7. The van der Waals surface area contributed by atoms with Crippen molar-refractivity contribution in [3.63, 3.8) is 0 Å². The highest BCUT2D eigenvalue weighted by Crippen LogP contribution is 2.37. The van der Waals surface area contributed by atoms with Gasteiger partial charge in [-0.05, 0) is 111 Å². The number of benzene rings is 1. The summed E-state index contributed by atoms with van der Waals surface area (Å²) in [7, 11) is 0. The Morgan fingerprint density at radius 3 is 1.32 bits per heavy atom. The van der Waals surface area contributed by atoms with Gasteiger partial charge in [-0.15, -0.1) is 0 Å². The van der Waals surface area contributed by atoms with Crippen LogP contribution in [0.15, 0.2) is 37.8 Å². The van der Waals surface area contributed by atoms with Crippen LogP contribution >= 0.6 is 0 Å². The van der Waals surface area contributed by atoms with Crippen LogP contribution in [0.2, 0.25) is 0 Å². The fourth-order valence-corrected chi connectivity index (χ4v) is 5.75. The van der Waals surface area contributed by atoms with Gasteiger partial charge in [-0.25, -0.2) is 9.59 Å². The molecular formula is C28H38O6. The van der Waals surface area contributed by atoms with Crippen LogP contribution in [0.3, 0.4) is 0 Å². The van der Waals surface area contributed by atoms with Gasteiger partial charge in [0.1, 0.15) is 0 Å². The molecule has 2 saturated carbocycles. The Morgan fingerprint density at radius 1 is 0.706 bits per heavy atom. The van der Waals surface area contributed by atoms with E-state index in [0.29, 0.717) is 49.7 Å². The van der Waals surface area contributed by atoms with E-state index < -0.39 is 11.9 Å². The summed E-state index contributed by atoms with van der Waals surface area (Å²) in [5, 5.41) is 19.8. The first-order chi connectivity index (χ1) is 16.4. The zero-order valence-corrected chi connectivity index (χ0v) is 20.0. The van der Waals surface area contributed by atoms with E-state index >= 15 is 0 Å². The number of carboxylic acid groups (broad SMARTS) is 2. The van der Waals surface area contributed by atoms with Gasteiger partial charge < -0.3 is 19.7 Å². The zero-order chi connectivity index (χ0) is 24.5. The van der Waals surface area contributed by atoms with Crippen molar-refractivity contribution < 1.29 is 29.3 Å². The third kappa shape index (κ3) is 6.87. The van der Waals surface area contributed by atoms with Crippen LogP contribution in [0, 0.1) is 23.7 Å². The lowest BCUT2D eigenvalue weighted by molar-refractivity contribution is 0.0678. The van der Waals surface area contributed by atoms with Gasteiger partial charge in [0.25, 0.3) is 0 Å². The summed E-state index contributed by atoms with van der Waals surface area (Å²) in [6.07, 6.45) is 12.3. The van der Waals surface area contributed by atoms with E-state index in [4.69, 9.17) is 9.47 Å². The minimum Gasteiger partial charge on any atom is -0.502 e. The van der Waals surface area contributed by atoms with E-state index in [2.05, 4.69) is 13.2 Å². The molecule has 6 heteroatoms. The molecule has 2 fully saturated rings. The molecule has 2 aliphatic carbocycles. The van der Waals surface area contributed by atoms with Gasteiger partial charge in [0.2, 0.25) is 0 Å². The van der Waals surface area contributed by atoms with E-state index in [1.807, 2.05) is 0 Å².